The van der Waals surface area contributed by atoms with Crippen LogP contribution >= 0.6 is 0 Å². The predicted molar refractivity (Wildman–Crippen MR) is 133 cm³/mol. The van der Waals surface area contributed by atoms with Crippen molar-refractivity contribution in [1.82, 2.24) is 15.2 Å². The molecule has 36 heavy (non-hydrogen) atoms. The van der Waals surface area contributed by atoms with Crippen LogP contribution in [0.5, 0.6) is 11.5 Å². The first-order valence-electron chi connectivity index (χ1n) is 11.7. The number of aromatic nitrogens is 1. The molecule has 3 heterocycles. The van der Waals surface area contributed by atoms with E-state index in [1.165, 1.54) is 0 Å². The number of pyridine rings is 1. The van der Waals surface area contributed by atoms with Crippen LogP contribution in [0.15, 0.2) is 60.9 Å². The van der Waals surface area contributed by atoms with Crippen molar-refractivity contribution in [1.29, 1.82) is 0 Å². The van der Waals surface area contributed by atoms with E-state index in [1.807, 2.05) is 18.2 Å². The van der Waals surface area contributed by atoms with Gasteiger partial charge in [-0.15, -0.1) is 0 Å². The van der Waals surface area contributed by atoms with Gasteiger partial charge in [-0.2, -0.15) is 0 Å². The highest BCUT2D eigenvalue weighted by atomic mass is 16.5. The van der Waals surface area contributed by atoms with Gasteiger partial charge in [-0.3, -0.25) is 19.4 Å². The largest absolute Gasteiger partial charge is 0.497 e. The SMILES string of the molecule is COc1ccc(-c2ccc3c(c2)C(=O)N2CCC(NC(=O)c4ccncc4)CC2C(=O)N3)c(OC)c1. The average molecular weight is 487 g/mol. The van der Waals surface area contributed by atoms with Crippen LogP contribution in [0.2, 0.25) is 0 Å². The van der Waals surface area contributed by atoms with Crippen molar-refractivity contribution >= 4 is 23.4 Å². The lowest BCUT2D eigenvalue weighted by atomic mass is 9.95. The van der Waals surface area contributed by atoms with E-state index >= 15 is 0 Å². The highest BCUT2D eigenvalue weighted by molar-refractivity contribution is 6.10. The molecule has 3 aromatic rings. The number of fused-ring (bicyclic) bond motifs is 2. The molecule has 5 rings (SSSR count). The van der Waals surface area contributed by atoms with Crippen LogP contribution < -0.4 is 20.1 Å². The summed E-state index contributed by atoms with van der Waals surface area (Å²) in [6, 6.07) is 13.2. The van der Waals surface area contributed by atoms with Gasteiger partial charge in [0, 0.05) is 42.2 Å². The Morgan fingerprint density at radius 2 is 1.83 bits per heavy atom. The third kappa shape index (κ3) is 4.35. The van der Waals surface area contributed by atoms with Gasteiger partial charge in [0.25, 0.3) is 11.8 Å². The molecule has 0 bridgehead atoms. The Morgan fingerprint density at radius 1 is 1.03 bits per heavy atom. The summed E-state index contributed by atoms with van der Waals surface area (Å²) in [5, 5.41) is 5.90. The van der Waals surface area contributed by atoms with E-state index in [2.05, 4.69) is 15.6 Å². The number of piperidine rings is 1. The van der Waals surface area contributed by atoms with Crippen LogP contribution in [0.3, 0.4) is 0 Å². The minimum absolute atomic E-state index is 0.221. The van der Waals surface area contributed by atoms with Crippen molar-refractivity contribution in [2.45, 2.75) is 24.9 Å². The maximum absolute atomic E-state index is 13.6. The van der Waals surface area contributed by atoms with Gasteiger partial charge in [0.2, 0.25) is 5.91 Å². The number of amides is 3. The van der Waals surface area contributed by atoms with Crippen molar-refractivity contribution in [3.8, 4) is 22.6 Å². The van der Waals surface area contributed by atoms with Crippen molar-refractivity contribution in [3.63, 3.8) is 0 Å². The van der Waals surface area contributed by atoms with E-state index in [1.54, 1.807) is 61.8 Å². The maximum atomic E-state index is 13.6. The molecule has 2 N–H and O–H groups in total. The number of rotatable bonds is 5. The fraction of sp³-hybridized carbons (Fsp3) is 0.259. The molecule has 2 aliphatic rings. The molecule has 1 fully saturated rings. The van der Waals surface area contributed by atoms with E-state index < -0.39 is 6.04 Å². The highest BCUT2D eigenvalue weighted by Crippen LogP contribution is 2.37. The number of hydrogen-bond acceptors (Lipinski definition) is 6. The van der Waals surface area contributed by atoms with Crippen LogP contribution in [0.4, 0.5) is 5.69 Å². The predicted octanol–water partition coefficient (Wildman–Crippen LogP) is 3.12. The lowest BCUT2D eigenvalue weighted by molar-refractivity contribution is -0.121. The number of ether oxygens (including phenoxy) is 2. The molecule has 0 saturated carbocycles. The van der Waals surface area contributed by atoms with Gasteiger partial charge in [0.05, 0.1) is 25.5 Å². The van der Waals surface area contributed by atoms with Gasteiger partial charge in [-0.1, -0.05) is 6.07 Å². The second-order valence-corrected chi connectivity index (χ2v) is 8.76. The summed E-state index contributed by atoms with van der Waals surface area (Å²) < 4.78 is 10.8. The van der Waals surface area contributed by atoms with E-state index in [4.69, 9.17) is 9.47 Å². The smallest absolute Gasteiger partial charge is 0.256 e. The van der Waals surface area contributed by atoms with Crippen LogP contribution in [0.25, 0.3) is 11.1 Å². The molecule has 1 saturated heterocycles. The van der Waals surface area contributed by atoms with E-state index in [0.717, 1.165) is 11.1 Å². The number of carbonyl (C=O) groups is 3. The van der Waals surface area contributed by atoms with Crippen molar-refractivity contribution in [2.75, 3.05) is 26.1 Å². The van der Waals surface area contributed by atoms with Crippen molar-refractivity contribution in [3.05, 3.63) is 72.1 Å². The molecule has 0 spiro atoms. The van der Waals surface area contributed by atoms with Gasteiger partial charge in [0.15, 0.2) is 0 Å². The van der Waals surface area contributed by atoms with E-state index in [-0.39, 0.29) is 23.8 Å². The van der Waals surface area contributed by atoms with Crippen LogP contribution in [-0.4, -0.2) is 60.5 Å². The van der Waals surface area contributed by atoms with Crippen LogP contribution in [0, 0.1) is 0 Å². The van der Waals surface area contributed by atoms with Gasteiger partial charge in [-0.25, -0.2) is 0 Å². The van der Waals surface area contributed by atoms with Crippen LogP contribution in [0.1, 0.15) is 33.6 Å². The number of carbonyl (C=O) groups excluding carboxylic acids is 3. The molecular formula is C27H26N4O5. The molecule has 2 aliphatic heterocycles. The first kappa shape index (κ1) is 23.3. The Labute approximate surface area is 208 Å². The van der Waals surface area contributed by atoms with Crippen molar-refractivity contribution < 1.29 is 23.9 Å². The standard InChI is InChI=1S/C27H26N4O5/c1-35-19-4-5-20(24(15-19)36-2)17-3-6-22-21(13-17)27(34)31-12-9-18(14-23(31)26(33)30-22)29-25(32)16-7-10-28-11-8-16/h3-8,10-11,13,15,18,23H,9,12,14H2,1-2H3,(H,29,32)(H,30,33). The third-order valence-corrected chi connectivity index (χ3v) is 6.67. The Kier molecular flexibility index (Phi) is 6.28. The van der Waals surface area contributed by atoms with Crippen LogP contribution in [-0.2, 0) is 4.79 Å². The minimum atomic E-state index is -0.680. The normalized spacial score (nSPS) is 18.9. The summed E-state index contributed by atoms with van der Waals surface area (Å²) in [5.41, 5.74) is 2.98. The number of anilines is 1. The maximum Gasteiger partial charge on any atom is 0.256 e. The molecule has 9 heteroatoms. The van der Waals surface area contributed by atoms with Gasteiger partial charge in [0.1, 0.15) is 17.5 Å². The fourth-order valence-electron chi connectivity index (χ4n) is 4.77. The minimum Gasteiger partial charge on any atom is -0.497 e. The number of hydrogen-bond donors (Lipinski definition) is 2. The zero-order valence-corrected chi connectivity index (χ0v) is 20.0. The Bertz CT molecular complexity index is 1330. The molecule has 0 aliphatic carbocycles. The van der Waals surface area contributed by atoms with Crippen molar-refractivity contribution in [2.24, 2.45) is 0 Å². The summed E-state index contributed by atoms with van der Waals surface area (Å²) in [7, 11) is 3.16. The number of nitrogens with one attached hydrogen (secondary N) is 2. The lowest BCUT2D eigenvalue weighted by Crippen LogP contribution is -2.55. The zero-order valence-electron chi connectivity index (χ0n) is 20.0. The van der Waals surface area contributed by atoms with Gasteiger partial charge < -0.3 is 25.0 Å². The quantitative estimate of drug-likeness (QED) is 0.574. The second-order valence-electron chi connectivity index (χ2n) is 8.76. The summed E-state index contributed by atoms with van der Waals surface area (Å²) in [6.45, 7) is 0.355. The molecule has 2 unspecified atom stereocenters. The molecular weight excluding hydrogens is 460 g/mol. The Hall–Kier alpha value is -4.40. The summed E-state index contributed by atoms with van der Waals surface area (Å²) in [5.74, 6) is 0.567. The molecule has 2 aromatic carbocycles. The van der Waals surface area contributed by atoms with Gasteiger partial charge in [-0.05, 0) is 54.8 Å². The summed E-state index contributed by atoms with van der Waals surface area (Å²) >= 11 is 0. The molecule has 3 amide bonds. The van der Waals surface area contributed by atoms with E-state index in [9.17, 15) is 14.4 Å². The highest BCUT2D eigenvalue weighted by Gasteiger charge is 2.40. The Balaban J connectivity index is 1.39. The molecule has 9 nitrogen and oxygen atoms in total. The molecule has 0 radical (unpaired) electrons. The average Bonchev–Trinajstić information content (AvgIpc) is 3.02. The molecule has 184 valence electrons. The van der Waals surface area contributed by atoms with E-state index in [0.29, 0.717) is 47.7 Å². The topological polar surface area (TPSA) is 110 Å². The third-order valence-electron chi connectivity index (χ3n) is 6.67. The molecule has 1 aromatic heterocycles. The number of nitrogens with zero attached hydrogens (tertiary/aromatic N) is 2. The zero-order chi connectivity index (χ0) is 25.2. The lowest BCUT2D eigenvalue weighted by Gasteiger charge is -2.37. The first-order chi connectivity index (χ1) is 17.5. The van der Waals surface area contributed by atoms with Gasteiger partial charge >= 0.3 is 0 Å². The summed E-state index contributed by atoms with van der Waals surface area (Å²) in [4.78, 5) is 44.8. The molecule has 2 atom stereocenters. The number of methoxy groups -OCH3 is 2. The fourth-order valence-corrected chi connectivity index (χ4v) is 4.77. The summed E-state index contributed by atoms with van der Waals surface area (Å²) in [6.07, 6.45) is 4.00. The second kappa shape index (κ2) is 9.69. The monoisotopic (exact) mass is 486 g/mol. The first-order valence-corrected chi connectivity index (χ1v) is 11.7. The Morgan fingerprint density at radius 3 is 2.58 bits per heavy atom. The number of benzene rings is 2.